The van der Waals surface area contributed by atoms with E-state index in [-0.39, 0.29) is 0 Å². The van der Waals surface area contributed by atoms with Gasteiger partial charge >= 0.3 is 0 Å². The van der Waals surface area contributed by atoms with Gasteiger partial charge in [0.15, 0.2) is 0 Å². The molecule has 0 aromatic carbocycles. The van der Waals surface area contributed by atoms with E-state index in [0.717, 1.165) is 19.7 Å². The molecule has 1 saturated heterocycles. The third kappa shape index (κ3) is 3.55. The van der Waals surface area contributed by atoms with Crippen molar-refractivity contribution in [3.8, 4) is 0 Å². The van der Waals surface area contributed by atoms with E-state index >= 15 is 0 Å². The number of hydrogen-bond acceptors (Lipinski definition) is 3. The van der Waals surface area contributed by atoms with Gasteiger partial charge in [-0.2, -0.15) is 0 Å². The van der Waals surface area contributed by atoms with Gasteiger partial charge in [-0.05, 0) is 48.0 Å². The van der Waals surface area contributed by atoms with E-state index in [1.54, 1.807) is 0 Å². The van der Waals surface area contributed by atoms with E-state index in [1.165, 1.54) is 21.5 Å². The van der Waals surface area contributed by atoms with Crippen molar-refractivity contribution < 1.29 is 4.74 Å². The number of halogens is 1. The quantitative estimate of drug-likeness (QED) is 0.844. The van der Waals surface area contributed by atoms with Crippen LogP contribution < -0.4 is 0 Å². The summed E-state index contributed by atoms with van der Waals surface area (Å²) in [6.07, 6.45) is 2.90. The molecule has 0 bridgehead atoms. The molecule has 1 aliphatic rings. The summed E-state index contributed by atoms with van der Waals surface area (Å²) in [7, 11) is 2.16. The molecule has 0 N–H and O–H groups in total. The van der Waals surface area contributed by atoms with Crippen molar-refractivity contribution in [2.24, 2.45) is 0 Å². The highest BCUT2D eigenvalue weighted by molar-refractivity contribution is 9.11. The normalized spacial score (nSPS) is 21.4. The zero-order valence-corrected chi connectivity index (χ0v) is 11.3. The SMILES string of the molecule is CN(Cc1ccc(Br)s1)CC1CCCO1. The van der Waals surface area contributed by atoms with Crippen molar-refractivity contribution in [3.63, 3.8) is 0 Å². The number of rotatable bonds is 4. The zero-order valence-electron chi connectivity index (χ0n) is 8.91. The highest BCUT2D eigenvalue weighted by Crippen LogP contribution is 2.23. The summed E-state index contributed by atoms with van der Waals surface area (Å²) < 4.78 is 6.83. The van der Waals surface area contributed by atoms with E-state index in [2.05, 4.69) is 40.0 Å². The summed E-state index contributed by atoms with van der Waals surface area (Å²) in [5, 5.41) is 0. The standard InChI is InChI=1S/C11H16BrNOS/c1-13(7-9-3-2-6-14-9)8-10-4-5-11(12)15-10/h4-5,9H,2-3,6-8H2,1H3. The molecule has 1 aliphatic heterocycles. The van der Waals surface area contributed by atoms with Gasteiger partial charge in [0.2, 0.25) is 0 Å². The monoisotopic (exact) mass is 289 g/mol. The molecule has 1 atom stereocenters. The zero-order chi connectivity index (χ0) is 10.7. The first-order valence-electron chi connectivity index (χ1n) is 5.28. The topological polar surface area (TPSA) is 12.5 Å². The van der Waals surface area contributed by atoms with Crippen molar-refractivity contribution in [2.75, 3.05) is 20.2 Å². The molecular weight excluding hydrogens is 274 g/mol. The fourth-order valence-corrected chi connectivity index (χ4v) is 3.47. The number of thiophene rings is 1. The Balaban J connectivity index is 1.78. The fraction of sp³-hybridized carbons (Fsp3) is 0.636. The minimum Gasteiger partial charge on any atom is -0.377 e. The molecule has 15 heavy (non-hydrogen) atoms. The van der Waals surface area contributed by atoms with Gasteiger partial charge in [0.25, 0.3) is 0 Å². The van der Waals surface area contributed by atoms with Gasteiger partial charge in [0.05, 0.1) is 9.89 Å². The summed E-state index contributed by atoms with van der Waals surface area (Å²) in [6.45, 7) is 3.02. The minimum atomic E-state index is 0.457. The molecule has 4 heteroatoms. The predicted octanol–water partition coefficient (Wildman–Crippen LogP) is 3.12. The van der Waals surface area contributed by atoms with Crippen molar-refractivity contribution in [3.05, 3.63) is 20.8 Å². The second kappa shape index (κ2) is 5.43. The van der Waals surface area contributed by atoms with Gasteiger partial charge in [0, 0.05) is 24.6 Å². The number of nitrogens with zero attached hydrogens (tertiary/aromatic N) is 1. The number of likely N-dealkylation sites (N-methyl/N-ethyl adjacent to an activating group) is 1. The Morgan fingerprint density at radius 3 is 3.07 bits per heavy atom. The van der Waals surface area contributed by atoms with Crippen LogP contribution in [-0.2, 0) is 11.3 Å². The van der Waals surface area contributed by atoms with Crippen LogP contribution in [0.2, 0.25) is 0 Å². The lowest BCUT2D eigenvalue weighted by atomic mass is 10.2. The summed E-state index contributed by atoms with van der Waals surface area (Å²) in [5.74, 6) is 0. The van der Waals surface area contributed by atoms with E-state index in [4.69, 9.17) is 4.74 Å². The Bertz CT molecular complexity index is 309. The molecule has 1 fully saturated rings. The van der Waals surface area contributed by atoms with Crippen LogP contribution in [0.5, 0.6) is 0 Å². The van der Waals surface area contributed by atoms with Gasteiger partial charge in [-0.15, -0.1) is 11.3 Å². The predicted molar refractivity (Wildman–Crippen MR) is 67.3 cm³/mol. The molecule has 0 amide bonds. The lowest BCUT2D eigenvalue weighted by Gasteiger charge is -2.19. The highest BCUT2D eigenvalue weighted by Gasteiger charge is 2.17. The summed E-state index contributed by atoms with van der Waals surface area (Å²) in [5.41, 5.74) is 0. The van der Waals surface area contributed by atoms with Gasteiger partial charge in [-0.25, -0.2) is 0 Å². The molecule has 2 rings (SSSR count). The first kappa shape index (κ1) is 11.6. The number of hydrogen-bond donors (Lipinski definition) is 0. The second-order valence-corrected chi connectivity index (χ2v) is 6.59. The lowest BCUT2D eigenvalue weighted by molar-refractivity contribution is 0.0796. The first-order chi connectivity index (χ1) is 7.24. The second-order valence-electron chi connectivity index (χ2n) is 4.04. The molecule has 1 unspecified atom stereocenters. The van der Waals surface area contributed by atoms with Crippen LogP contribution in [0.25, 0.3) is 0 Å². The Kier molecular flexibility index (Phi) is 4.20. The van der Waals surface area contributed by atoms with Gasteiger partial charge in [-0.3, -0.25) is 4.90 Å². The molecule has 2 heterocycles. The summed E-state index contributed by atoms with van der Waals surface area (Å²) in [6, 6.07) is 4.29. The van der Waals surface area contributed by atoms with E-state index < -0.39 is 0 Å². The lowest BCUT2D eigenvalue weighted by Crippen LogP contribution is -2.27. The smallest absolute Gasteiger partial charge is 0.0702 e. The number of ether oxygens (including phenoxy) is 1. The van der Waals surface area contributed by atoms with Crippen molar-refractivity contribution in [2.45, 2.75) is 25.5 Å². The molecule has 84 valence electrons. The van der Waals surface area contributed by atoms with Crippen molar-refractivity contribution >= 4 is 27.3 Å². The highest BCUT2D eigenvalue weighted by atomic mass is 79.9. The van der Waals surface area contributed by atoms with Gasteiger partial charge < -0.3 is 4.74 Å². The molecule has 0 radical (unpaired) electrons. The molecule has 2 nitrogen and oxygen atoms in total. The van der Waals surface area contributed by atoms with Crippen molar-refractivity contribution in [1.82, 2.24) is 4.90 Å². The largest absolute Gasteiger partial charge is 0.377 e. The Labute approximate surface area is 103 Å². The van der Waals surface area contributed by atoms with E-state index in [9.17, 15) is 0 Å². The van der Waals surface area contributed by atoms with Gasteiger partial charge in [0.1, 0.15) is 0 Å². The molecule has 0 saturated carbocycles. The summed E-state index contributed by atoms with van der Waals surface area (Å²) >= 11 is 5.29. The Morgan fingerprint density at radius 1 is 1.60 bits per heavy atom. The molecule has 1 aromatic rings. The van der Waals surface area contributed by atoms with Crippen LogP contribution >= 0.6 is 27.3 Å². The molecular formula is C11H16BrNOS. The first-order valence-corrected chi connectivity index (χ1v) is 6.89. The third-order valence-electron chi connectivity index (χ3n) is 2.59. The average molecular weight is 290 g/mol. The maximum atomic E-state index is 5.62. The molecule has 1 aromatic heterocycles. The minimum absolute atomic E-state index is 0.457. The Morgan fingerprint density at radius 2 is 2.47 bits per heavy atom. The maximum absolute atomic E-state index is 5.62. The third-order valence-corrected chi connectivity index (χ3v) is 4.20. The fourth-order valence-electron chi connectivity index (χ4n) is 1.90. The van der Waals surface area contributed by atoms with E-state index in [1.807, 2.05) is 11.3 Å². The van der Waals surface area contributed by atoms with Crippen LogP contribution in [0.15, 0.2) is 15.9 Å². The van der Waals surface area contributed by atoms with Crippen molar-refractivity contribution in [1.29, 1.82) is 0 Å². The average Bonchev–Trinajstić information content (AvgIpc) is 2.77. The molecule has 0 aliphatic carbocycles. The van der Waals surface area contributed by atoms with Crippen LogP contribution in [-0.4, -0.2) is 31.2 Å². The van der Waals surface area contributed by atoms with E-state index in [0.29, 0.717) is 6.10 Å². The summed E-state index contributed by atoms with van der Waals surface area (Å²) in [4.78, 5) is 3.75. The Hall–Kier alpha value is 0.1000. The molecule has 0 spiro atoms. The van der Waals surface area contributed by atoms with Crippen LogP contribution in [0.4, 0.5) is 0 Å². The van der Waals surface area contributed by atoms with Crippen LogP contribution in [0.1, 0.15) is 17.7 Å². The van der Waals surface area contributed by atoms with Crippen LogP contribution in [0, 0.1) is 0 Å². The maximum Gasteiger partial charge on any atom is 0.0702 e. The van der Waals surface area contributed by atoms with Crippen LogP contribution in [0.3, 0.4) is 0 Å². The van der Waals surface area contributed by atoms with Gasteiger partial charge in [-0.1, -0.05) is 0 Å².